The van der Waals surface area contributed by atoms with Crippen molar-refractivity contribution >= 4 is 39.3 Å². The fourth-order valence-electron chi connectivity index (χ4n) is 2.62. The fourth-order valence-corrected chi connectivity index (χ4v) is 2.62. The Morgan fingerprint density at radius 2 is 1.88 bits per heavy atom. The van der Waals surface area contributed by atoms with Crippen LogP contribution in [0.4, 0.5) is 11.5 Å². The van der Waals surface area contributed by atoms with Gasteiger partial charge in [-0.25, -0.2) is 19.7 Å². The van der Waals surface area contributed by atoms with Crippen molar-refractivity contribution in [1.29, 1.82) is 0 Å². The lowest BCUT2D eigenvalue weighted by atomic mass is 10.1. The maximum absolute atomic E-state index is 11.2. The zero-order valence-electron chi connectivity index (χ0n) is 12.5. The van der Waals surface area contributed by atoms with Crippen molar-refractivity contribution in [2.75, 3.05) is 5.32 Å². The summed E-state index contributed by atoms with van der Waals surface area (Å²) in [6.45, 7) is 0. The number of anilines is 2. The summed E-state index contributed by atoms with van der Waals surface area (Å²) in [6.07, 6.45) is 3.18. The van der Waals surface area contributed by atoms with Gasteiger partial charge in [0.2, 0.25) is 0 Å². The summed E-state index contributed by atoms with van der Waals surface area (Å²) in [4.78, 5) is 24.2. The highest BCUT2D eigenvalue weighted by Crippen LogP contribution is 2.29. The zero-order chi connectivity index (χ0) is 16.5. The summed E-state index contributed by atoms with van der Waals surface area (Å²) in [7, 11) is 0. The molecule has 4 aromatic rings. The summed E-state index contributed by atoms with van der Waals surface area (Å²) in [5.74, 6) is -0.422. The number of carboxylic acid groups (broad SMARTS) is 1. The van der Waals surface area contributed by atoms with Crippen molar-refractivity contribution in [3.63, 3.8) is 0 Å². The van der Waals surface area contributed by atoms with Crippen molar-refractivity contribution in [3.8, 4) is 0 Å². The second-order valence-electron chi connectivity index (χ2n) is 5.27. The van der Waals surface area contributed by atoms with E-state index in [1.807, 2.05) is 30.3 Å². The van der Waals surface area contributed by atoms with Gasteiger partial charge in [0.05, 0.1) is 11.1 Å². The van der Waals surface area contributed by atoms with Crippen molar-refractivity contribution < 1.29 is 9.90 Å². The van der Waals surface area contributed by atoms with E-state index in [2.05, 4.69) is 20.3 Å². The van der Waals surface area contributed by atoms with Crippen LogP contribution in [0.2, 0.25) is 0 Å². The van der Waals surface area contributed by atoms with Gasteiger partial charge in [0, 0.05) is 22.7 Å². The molecule has 0 spiro atoms. The first kappa shape index (κ1) is 14.1. The molecule has 6 heteroatoms. The minimum atomic E-state index is -0.985. The summed E-state index contributed by atoms with van der Waals surface area (Å²) < 4.78 is 0. The molecule has 0 aliphatic heterocycles. The smallest absolute Gasteiger partial charge is 0.335 e. The minimum absolute atomic E-state index is 0.192. The SMILES string of the molecule is O=C(O)c1ccc2c(c1)nc(Nc1ccccc1)c1ncncc12. The number of carboxylic acids is 1. The molecule has 0 unspecified atom stereocenters. The number of nitrogens with zero attached hydrogens (tertiary/aromatic N) is 3. The number of pyridine rings is 1. The highest BCUT2D eigenvalue weighted by Gasteiger charge is 2.12. The second kappa shape index (κ2) is 5.58. The van der Waals surface area contributed by atoms with Crippen LogP contribution in [0, 0.1) is 0 Å². The first-order chi connectivity index (χ1) is 11.7. The molecule has 2 N–H and O–H groups in total. The van der Waals surface area contributed by atoms with Crippen LogP contribution in [-0.4, -0.2) is 26.0 Å². The number of aromatic carboxylic acids is 1. The molecule has 0 aliphatic rings. The Morgan fingerprint density at radius 3 is 2.67 bits per heavy atom. The van der Waals surface area contributed by atoms with Crippen LogP contribution >= 0.6 is 0 Å². The molecule has 0 atom stereocenters. The standard InChI is InChI=1S/C18H12N4O2/c23-18(24)11-6-7-13-14-9-19-10-20-16(14)17(22-15(13)8-11)21-12-4-2-1-3-5-12/h1-10H,(H,21,22)(H,23,24). The van der Waals surface area contributed by atoms with Crippen LogP contribution in [-0.2, 0) is 0 Å². The molecule has 2 heterocycles. The number of nitrogens with one attached hydrogen (secondary N) is 1. The first-order valence-electron chi connectivity index (χ1n) is 7.31. The number of hydrogen-bond acceptors (Lipinski definition) is 5. The molecule has 0 saturated heterocycles. The van der Waals surface area contributed by atoms with Crippen LogP contribution in [0.25, 0.3) is 21.8 Å². The van der Waals surface area contributed by atoms with Crippen molar-refractivity contribution in [1.82, 2.24) is 15.0 Å². The maximum atomic E-state index is 11.2. The molecule has 24 heavy (non-hydrogen) atoms. The minimum Gasteiger partial charge on any atom is -0.478 e. The third-order valence-electron chi connectivity index (χ3n) is 3.74. The van der Waals surface area contributed by atoms with E-state index in [4.69, 9.17) is 0 Å². The number of rotatable bonds is 3. The van der Waals surface area contributed by atoms with Gasteiger partial charge in [0.15, 0.2) is 5.82 Å². The molecule has 116 valence electrons. The topological polar surface area (TPSA) is 88.0 Å². The lowest BCUT2D eigenvalue weighted by molar-refractivity contribution is 0.0697. The molecular formula is C18H12N4O2. The van der Waals surface area contributed by atoms with Gasteiger partial charge in [0.1, 0.15) is 11.8 Å². The Kier molecular flexibility index (Phi) is 3.28. The summed E-state index contributed by atoms with van der Waals surface area (Å²) in [5, 5.41) is 14.1. The number of benzene rings is 2. The molecule has 0 bridgehead atoms. The molecule has 0 saturated carbocycles. The molecule has 0 fully saturated rings. The number of fused-ring (bicyclic) bond motifs is 3. The average Bonchev–Trinajstić information content (AvgIpc) is 2.62. The Labute approximate surface area is 136 Å². The van der Waals surface area contributed by atoms with Gasteiger partial charge in [0.25, 0.3) is 0 Å². The maximum Gasteiger partial charge on any atom is 0.335 e. The number of carbonyl (C=O) groups is 1. The third-order valence-corrected chi connectivity index (χ3v) is 3.74. The van der Waals surface area contributed by atoms with Crippen LogP contribution in [0.15, 0.2) is 61.1 Å². The van der Waals surface area contributed by atoms with E-state index in [1.165, 1.54) is 6.33 Å². The van der Waals surface area contributed by atoms with E-state index >= 15 is 0 Å². The summed E-state index contributed by atoms with van der Waals surface area (Å²) in [6, 6.07) is 14.5. The molecule has 6 nitrogen and oxygen atoms in total. The Balaban J connectivity index is 1.97. The quantitative estimate of drug-likeness (QED) is 0.561. The zero-order valence-corrected chi connectivity index (χ0v) is 12.5. The van der Waals surface area contributed by atoms with E-state index < -0.39 is 5.97 Å². The highest BCUT2D eigenvalue weighted by atomic mass is 16.4. The molecule has 4 rings (SSSR count). The van der Waals surface area contributed by atoms with E-state index in [1.54, 1.807) is 24.4 Å². The van der Waals surface area contributed by atoms with Crippen LogP contribution in [0.3, 0.4) is 0 Å². The Hall–Kier alpha value is -3.54. The second-order valence-corrected chi connectivity index (χ2v) is 5.27. The molecule has 2 aromatic heterocycles. The van der Waals surface area contributed by atoms with Crippen molar-refractivity contribution in [3.05, 3.63) is 66.6 Å². The average molecular weight is 316 g/mol. The van der Waals surface area contributed by atoms with Gasteiger partial charge >= 0.3 is 5.97 Å². The third kappa shape index (κ3) is 2.40. The van der Waals surface area contributed by atoms with Crippen molar-refractivity contribution in [2.45, 2.75) is 0 Å². The predicted octanol–water partition coefficient (Wildman–Crippen LogP) is 3.62. The molecule has 0 radical (unpaired) electrons. The lowest BCUT2D eigenvalue weighted by Gasteiger charge is -2.11. The summed E-state index contributed by atoms with van der Waals surface area (Å²) >= 11 is 0. The molecule has 0 amide bonds. The number of para-hydroxylation sites is 1. The fraction of sp³-hybridized carbons (Fsp3) is 0. The van der Waals surface area contributed by atoms with E-state index in [9.17, 15) is 9.90 Å². The highest BCUT2D eigenvalue weighted by molar-refractivity contribution is 6.09. The summed E-state index contributed by atoms with van der Waals surface area (Å²) in [5.41, 5.74) is 2.33. The van der Waals surface area contributed by atoms with Crippen LogP contribution in [0.1, 0.15) is 10.4 Å². The van der Waals surface area contributed by atoms with Crippen LogP contribution in [0.5, 0.6) is 0 Å². The number of hydrogen-bond donors (Lipinski definition) is 2. The van der Waals surface area contributed by atoms with Gasteiger partial charge in [-0.1, -0.05) is 24.3 Å². The monoisotopic (exact) mass is 316 g/mol. The van der Waals surface area contributed by atoms with Gasteiger partial charge in [-0.05, 0) is 24.3 Å². The molecular weight excluding hydrogens is 304 g/mol. The predicted molar refractivity (Wildman–Crippen MR) is 91.5 cm³/mol. The van der Waals surface area contributed by atoms with E-state index in [-0.39, 0.29) is 5.56 Å². The van der Waals surface area contributed by atoms with Gasteiger partial charge in [-0.15, -0.1) is 0 Å². The largest absolute Gasteiger partial charge is 0.478 e. The first-order valence-corrected chi connectivity index (χ1v) is 7.31. The lowest BCUT2D eigenvalue weighted by Crippen LogP contribution is -2.00. The van der Waals surface area contributed by atoms with Gasteiger partial charge < -0.3 is 10.4 Å². The Bertz CT molecular complexity index is 1060. The number of aromatic nitrogens is 3. The normalized spacial score (nSPS) is 10.8. The van der Waals surface area contributed by atoms with E-state index in [0.717, 1.165) is 16.5 Å². The molecule has 0 aliphatic carbocycles. The van der Waals surface area contributed by atoms with Gasteiger partial charge in [-0.3, -0.25) is 0 Å². The molecule has 2 aromatic carbocycles. The van der Waals surface area contributed by atoms with Crippen molar-refractivity contribution in [2.24, 2.45) is 0 Å². The Morgan fingerprint density at radius 1 is 1.04 bits per heavy atom. The van der Waals surface area contributed by atoms with Gasteiger partial charge in [-0.2, -0.15) is 0 Å². The van der Waals surface area contributed by atoms with Crippen LogP contribution < -0.4 is 5.32 Å². The van der Waals surface area contributed by atoms with E-state index in [0.29, 0.717) is 16.9 Å².